The molecule has 0 aliphatic carbocycles. The van der Waals surface area contributed by atoms with Crippen molar-refractivity contribution >= 4 is 28.9 Å². The molecule has 1 aliphatic rings. The molecule has 29 heavy (non-hydrogen) atoms. The monoisotopic (exact) mass is 396 g/mol. The summed E-state index contributed by atoms with van der Waals surface area (Å²) in [4.78, 5) is 24.6. The summed E-state index contributed by atoms with van der Waals surface area (Å²) in [6, 6.07) is 13.6. The van der Waals surface area contributed by atoms with Crippen molar-refractivity contribution in [3.05, 3.63) is 48.5 Å². The highest BCUT2D eigenvalue weighted by Crippen LogP contribution is 2.31. The number of benzene rings is 2. The fourth-order valence-electron chi connectivity index (χ4n) is 3.02. The molecule has 3 rings (SSSR count). The Kier molecular flexibility index (Phi) is 6.33. The van der Waals surface area contributed by atoms with Gasteiger partial charge in [-0.15, -0.1) is 0 Å². The van der Waals surface area contributed by atoms with Crippen LogP contribution in [0.15, 0.2) is 53.6 Å². The molecule has 152 valence electrons. The summed E-state index contributed by atoms with van der Waals surface area (Å²) >= 11 is 0. The van der Waals surface area contributed by atoms with E-state index in [2.05, 4.69) is 10.4 Å². The second kappa shape index (κ2) is 9.09. The predicted molar refractivity (Wildman–Crippen MR) is 111 cm³/mol. The average molecular weight is 396 g/mol. The summed E-state index contributed by atoms with van der Waals surface area (Å²) in [6.45, 7) is 4.73. The molecule has 0 fully saturated rings. The van der Waals surface area contributed by atoms with Crippen LogP contribution in [0.1, 0.15) is 20.3 Å². The molecule has 2 amide bonds. The Bertz CT molecular complexity index is 914. The molecule has 1 aliphatic heterocycles. The van der Waals surface area contributed by atoms with Crippen molar-refractivity contribution in [2.75, 3.05) is 23.5 Å². The summed E-state index contributed by atoms with van der Waals surface area (Å²) in [7, 11) is 0. The van der Waals surface area contributed by atoms with Crippen LogP contribution in [0, 0.1) is 0 Å². The molecular formula is C21H24N4O4. The van der Waals surface area contributed by atoms with E-state index in [0.717, 1.165) is 0 Å². The second-order valence-corrected chi connectivity index (χ2v) is 6.33. The number of carbonyl (C=O) groups is 2. The standard InChI is InChI=1S/C21H24N4O4/c1-3-28-18-11-10-14(12-19(18)29-4-2)23-21(27)16-13-17(20(22)26)25(24-16)15-8-6-5-7-9-15/h5-12,17H,3-4,13H2,1-2H3,(H2,22,26)(H,23,27). The number of rotatable bonds is 8. The molecule has 0 radical (unpaired) electrons. The van der Waals surface area contributed by atoms with Gasteiger partial charge in [0.15, 0.2) is 11.5 Å². The Morgan fingerprint density at radius 2 is 1.79 bits per heavy atom. The van der Waals surface area contributed by atoms with Gasteiger partial charge in [0.2, 0.25) is 5.91 Å². The molecule has 1 heterocycles. The van der Waals surface area contributed by atoms with E-state index in [1.54, 1.807) is 30.3 Å². The number of primary amides is 1. The van der Waals surface area contributed by atoms with Crippen LogP contribution < -0.4 is 25.5 Å². The van der Waals surface area contributed by atoms with E-state index in [-0.39, 0.29) is 12.1 Å². The predicted octanol–water partition coefficient (Wildman–Crippen LogP) is 2.54. The normalized spacial score (nSPS) is 15.6. The number of hydrazone groups is 1. The van der Waals surface area contributed by atoms with Gasteiger partial charge in [-0.3, -0.25) is 14.6 Å². The van der Waals surface area contributed by atoms with Crippen LogP contribution in [-0.4, -0.2) is 36.8 Å². The Labute approximate surface area is 169 Å². The number of carbonyl (C=O) groups excluding carboxylic acids is 2. The van der Waals surface area contributed by atoms with Gasteiger partial charge in [-0.05, 0) is 38.1 Å². The Morgan fingerprint density at radius 3 is 2.45 bits per heavy atom. The maximum atomic E-state index is 12.7. The minimum atomic E-state index is -0.711. The third kappa shape index (κ3) is 4.66. The molecule has 8 heteroatoms. The van der Waals surface area contributed by atoms with Gasteiger partial charge in [0.25, 0.3) is 5.91 Å². The van der Waals surface area contributed by atoms with E-state index < -0.39 is 17.9 Å². The zero-order valence-electron chi connectivity index (χ0n) is 16.4. The summed E-state index contributed by atoms with van der Waals surface area (Å²) in [5.74, 6) is 0.206. The first kappa shape index (κ1) is 20.2. The quantitative estimate of drug-likeness (QED) is 0.713. The molecule has 2 aromatic rings. The Hall–Kier alpha value is -3.55. The lowest BCUT2D eigenvalue weighted by atomic mass is 10.1. The van der Waals surface area contributed by atoms with Crippen molar-refractivity contribution in [3.8, 4) is 11.5 Å². The van der Waals surface area contributed by atoms with E-state index >= 15 is 0 Å². The van der Waals surface area contributed by atoms with E-state index in [4.69, 9.17) is 15.2 Å². The first-order chi connectivity index (χ1) is 14.0. The van der Waals surface area contributed by atoms with Crippen LogP contribution >= 0.6 is 0 Å². The highest BCUT2D eigenvalue weighted by molar-refractivity contribution is 6.44. The lowest BCUT2D eigenvalue weighted by Gasteiger charge is -2.20. The summed E-state index contributed by atoms with van der Waals surface area (Å²) < 4.78 is 11.1. The lowest BCUT2D eigenvalue weighted by molar-refractivity contribution is -0.119. The first-order valence-corrected chi connectivity index (χ1v) is 9.45. The molecule has 0 bridgehead atoms. The molecule has 0 saturated heterocycles. The van der Waals surface area contributed by atoms with Gasteiger partial charge in [-0.1, -0.05) is 18.2 Å². The zero-order valence-corrected chi connectivity index (χ0v) is 16.4. The van der Waals surface area contributed by atoms with Gasteiger partial charge in [-0.2, -0.15) is 5.10 Å². The smallest absolute Gasteiger partial charge is 0.271 e. The number of para-hydroxylation sites is 1. The number of hydrogen-bond donors (Lipinski definition) is 2. The highest BCUT2D eigenvalue weighted by atomic mass is 16.5. The lowest BCUT2D eigenvalue weighted by Crippen LogP contribution is -2.39. The minimum Gasteiger partial charge on any atom is -0.490 e. The van der Waals surface area contributed by atoms with Gasteiger partial charge in [0, 0.05) is 18.2 Å². The van der Waals surface area contributed by atoms with Gasteiger partial charge < -0.3 is 20.5 Å². The van der Waals surface area contributed by atoms with Crippen LogP contribution in [0.25, 0.3) is 0 Å². The summed E-state index contributed by atoms with van der Waals surface area (Å²) in [5, 5.41) is 8.63. The fraction of sp³-hybridized carbons (Fsp3) is 0.286. The molecule has 8 nitrogen and oxygen atoms in total. The van der Waals surface area contributed by atoms with Crippen molar-refractivity contribution in [2.24, 2.45) is 10.8 Å². The molecule has 0 spiro atoms. The van der Waals surface area contributed by atoms with Gasteiger partial charge in [0.1, 0.15) is 11.8 Å². The fourth-order valence-corrected chi connectivity index (χ4v) is 3.02. The summed E-state index contributed by atoms with van der Waals surface area (Å²) in [5.41, 5.74) is 6.98. The second-order valence-electron chi connectivity index (χ2n) is 6.33. The molecule has 2 aromatic carbocycles. The number of nitrogens with one attached hydrogen (secondary N) is 1. The third-order valence-electron chi connectivity index (χ3n) is 4.32. The molecule has 1 unspecified atom stereocenters. The molecular weight excluding hydrogens is 372 g/mol. The van der Waals surface area contributed by atoms with Crippen LogP contribution in [0.3, 0.4) is 0 Å². The van der Waals surface area contributed by atoms with E-state index in [1.807, 2.05) is 32.0 Å². The molecule has 0 aromatic heterocycles. The number of hydrogen-bond acceptors (Lipinski definition) is 6. The number of anilines is 2. The van der Waals surface area contributed by atoms with Gasteiger partial charge >= 0.3 is 0 Å². The molecule has 0 saturated carbocycles. The van der Waals surface area contributed by atoms with Crippen LogP contribution in [0.5, 0.6) is 11.5 Å². The van der Waals surface area contributed by atoms with Crippen molar-refractivity contribution < 1.29 is 19.1 Å². The largest absolute Gasteiger partial charge is 0.490 e. The van der Waals surface area contributed by atoms with Gasteiger partial charge in [0.05, 0.1) is 18.9 Å². The summed E-state index contributed by atoms with van der Waals surface area (Å²) in [6.07, 6.45) is 0.130. The number of ether oxygens (including phenoxy) is 2. The van der Waals surface area contributed by atoms with E-state index in [0.29, 0.717) is 36.1 Å². The maximum Gasteiger partial charge on any atom is 0.271 e. The van der Waals surface area contributed by atoms with Crippen LogP contribution in [0.4, 0.5) is 11.4 Å². The molecule has 1 atom stereocenters. The molecule has 3 N–H and O–H groups in total. The number of nitrogens with zero attached hydrogens (tertiary/aromatic N) is 2. The van der Waals surface area contributed by atoms with E-state index in [1.165, 1.54) is 5.01 Å². The van der Waals surface area contributed by atoms with Crippen molar-refractivity contribution in [1.82, 2.24) is 0 Å². The Morgan fingerprint density at radius 1 is 1.10 bits per heavy atom. The van der Waals surface area contributed by atoms with Crippen LogP contribution in [-0.2, 0) is 9.59 Å². The van der Waals surface area contributed by atoms with E-state index in [9.17, 15) is 9.59 Å². The first-order valence-electron chi connectivity index (χ1n) is 9.45. The maximum absolute atomic E-state index is 12.7. The Balaban J connectivity index is 1.80. The van der Waals surface area contributed by atoms with Crippen molar-refractivity contribution in [3.63, 3.8) is 0 Å². The van der Waals surface area contributed by atoms with Gasteiger partial charge in [-0.25, -0.2) is 0 Å². The van der Waals surface area contributed by atoms with Crippen molar-refractivity contribution in [2.45, 2.75) is 26.3 Å². The third-order valence-corrected chi connectivity index (χ3v) is 4.32. The van der Waals surface area contributed by atoms with Crippen LogP contribution in [0.2, 0.25) is 0 Å². The van der Waals surface area contributed by atoms with Crippen molar-refractivity contribution in [1.29, 1.82) is 0 Å². The SMILES string of the molecule is CCOc1ccc(NC(=O)C2=NN(c3ccccc3)C(C(N)=O)C2)cc1OCC. The minimum absolute atomic E-state index is 0.130. The number of amides is 2. The average Bonchev–Trinajstić information content (AvgIpc) is 3.17. The highest BCUT2D eigenvalue weighted by Gasteiger charge is 2.35. The number of nitrogens with two attached hydrogens (primary N) is 1. The zero-order chi connectivity index (χ0) is 20.8. The topological polar surface area (TPSA) is 106 Å².